The Morgan fingerprint density at radius 1 is 1.03 bits per heavy atom. The summed E-state index contributed by atoms with van der Waals surface area (Å²) in [6, 6.07) is 9.58. The van der Waals surface area contributed by atoms with Crippen molar-refractivity contribution in [2.45, 2.75) is 37.1 Å². The van der Waals surface area contributed by atoms with Gasteiger partial charge in [0.15, 0.2) is 0 Å². The number of benzene rings is 2. The molecule has 1 saturated heterocycles. The molecule has 1 unspecified atom stereocenters. The number of piperidine rings is 1. The third-order valence-electron chi connectivity index (χ3n) is 5.31. The summed E-state index contributed by atoms with van der Waals surface area (Å²) >= 11 is 0. The van der Waals surface area contributed by atoms with Crippen LogP contribution in [0.25, 0.3) is 0 Å². The number of hydrogen-bond donors (Lipinski definition) is 4. The van der Waals surface area contributed by atoms with Gasteiger partial charge in [0.2, 0.25) is 5.91 Å². The Morgan fingerprint density at radius 2 is 1.67 bits per heavy atom. The number of ether oxygens (including phenoxy) is 1. The smallest absolute Gasteiger partial charge is 0.312 e. The van der Waals surface area contributed by atoms with Crippen LogP contribution in [0.1, 0.15) is 26.2 Å². The minimum Gasteiger partial charge on any atom is -0.497 e. The summed E-state index contributed by atoms with van der Waals surface area (Å²) in [4.78, 5) is 25.5. The zero-order valence-electron chi connectivity index (χ0n) is 18.6. The van der Waals surface area contributed by atoms with E-state index in [0.29, 0.717) is 17.1 Å². The summed E-state index contributed by atoms with van der Waals surface area (Å²) in [7, 11) is -2.45. The van der Waals surface area contributed by atoms with Crippen LogP contribution in [-0.4, -0.2) is 46.6 Å². The van der Waals surface area contributed by atoms with Gasteiger partial charge in [-0.1, -0.05) is 0 Å². The number of carbonyl (C=O) groups is 2. The van der Waals surface area contributed by atoms with E-state index in [4.69, 9.17) is 10.5 Å². The number of primary amides is 1. The summed E-state index contributed by atoms with van der Waals surface area (Å²) in [6.45, 7) is 2.97. The minimum absolute atomic E-state index is 0.0496. The van der Waals surface area contributed by atoms with Crippen LogP contribution < -0.4 is 30.7 Å². The Kier molecular flexibility index (Phi) is 7.64. The maximum atomic E-state index is 13.4. The van der Waals surface area contributed by atoms with Crippen molar-refractivity contribution >= 4 is 39.0 Å². The highest BCUT2D eigenvalue weighted by atomic mass is 32.2. The summed E-state index contributed by atoms with van der Waals surface area (Å²) < 4.78 is 34.5. The van der Waals surface area contributed by atoms with Crippen LogP contribution in [-0.2, 0) is 14.8 Å². The number of nitrogens with one attached hydrogen (secondary N) is 3. The highest BCUT2D eigenvalue weighted by molar-refractivity contribution is 7.92. The Bertz CT molecular complexity index is 1100. The van der Waals surface area contributed by atoms with Gasteiger partial charge in [-0.05, 0) is 68.7 Å². The third kappa shape index (κ3) is 6.28. The minimum atomic E-state index is -3.98. The van der Waals surface area contributed by atoms with E-state index in [-0.39, 0.29) is 10.6 Å². The molecule has 10 nitrogen and oxygen atoms in total. The van der Waals surface area contributed by atoms with Crippen LogP contribution in [0.4, 0.5) is 21.9 Å². The lowest BCUT2D eigenvalue weighted by atomic mass is 10.1. The van der Waals surface area contributed by atoms with E-state index < -0.39 is 28.0 Å². The molecule has 0 spiro atoms. The molecule has 0 aliphatic carbocycles. The van der Waals surface area contributed by atoms with E-state index in [9.17, 15) is 18.0 Å². The number of nitrogens with zero attached hydrogens (tertiary/aromatic N) is 1. The second kappa shape index (κ2) is 10.4. The first-order valence-corrected chi connectivity index (χ1v) is 12.1. The molecule has 0 bridgehead atoms. The number of amides is 3. The molecule has 2 aromatic carbocycles. The molecule has 1 aliphatic heterocycles. The first kappa shape index (κ1) is 24.2. The molecule has 1 fully saturated rings. The topological polar surface area (TPSA) is 143 Å². The van der Waals surface area contributed by atoms with Crippen LogP contribution in [0.15, 0.2) is 47.4 Å². The molecule has 0 aromatic heterocycles. The molecule has 0 saturated carbocycles. The third-order valence-corrected chi connectivity index (χ3v) is 6.72. The molecule has 1 heterocycles. The lowest BCUT2D eigenvalue weighted by Crippen LogP contribution is -2.44. The molecular weight excluding hydrogens is 446 g/mol. The lowest BCUT2D eigenvalue weighted by molar-refractivity contribution is -0.117. The largest absolute Gasteiger partial charge is 0.497 e. The summed E-state index contributed by atoms with van der Waals surface area (Å²) in [6.07, 6.45) is 3.04. The van der Waals surface area contributed by atoms with Crippen LogP contribution in [0.2, 0.25) is 0 Å². The summed E-state index contributed by atoms with van der Waals surface area (Å²) in [5.41, 5.74) is 6.30. The average Bonchev–Trinajstić information content (AvgIpc) is 2.79. The van der Waals surface area contributed by atoms with Crippen molar-refractivity contribution < 1.29 is 22.7 Å². The molecule has 5 N–H and O–H groups in total. The van der Waals surface area contributed by atoms with Crippen LogP contribution >= 0.6 is 0 Å². The fourth-order valence-corrected chi connectivity index (χ4v) is 4.91. The van der Waals surface area contributed by atoms with Crippen molar-refractivity contribution in [3.8, 4) is 5.75 Å². The van der Waals surface area contributed by atoms with E-state index in [1.165, 1.54) is 20.1 Å². The summed E-state index contributed by atoms with van der Waals surface area (Å²) in [5.74, 6) is 0.0846. The van der Waals surface area contributed by atoms with Crippen LogP contribution in [0.5, 0.6) is 5.75 Å². The van der Waals surface area contributed by atoms with Gasteiger partial charge >= 0.3 is 6.03 Å². The van der Waals surface area contributed by atoms with E-state index in [2.05, 4.69) is 15.4 Å². The number of hydrogen-bond acceptors (Lipinski definition) is 6. The fraction of sp³-hybridized carbons (Fsp3) is 0.364. The van der Waals surface area contributed by atoms with Gasteiger partial charge in [-0.2, -0.15) is 0 Å². The van der Waals surface area contributed by atoms with Gasteiger partial charge in [-0.3, -0.25) is 9.52 Å². The van der Waals surface area contributed by atoms with Gasteiger partial charge in [-0.15, -0.1) is 0 Å². The van der Waals surface area contributed by atoms with Crippen molar-refractivity contribution in [1.29, 1.82) is 0 Å². The van der Waals surface area contributed by atoms with E-state index in [1.807, 2.05) is 4.90 Å². The van der Waals surface area contributed by atoms with Crippen LogP contribution in [0.3, 0.4) is 0 Å². The molecule has 2 aromatic rings. The maximum Gasteiger partial charge on any atom is 0.312 e. The van der Waals surface area contributed by atoms with Gasteiger partial charge in [0.25, 0.3) is 10.0 Å². The number of sulfonamides is 1. The van der Waals surface area contributed by atoms with E-state index >= 15 is 0 Å². The van der Waals surface area contributed by atoms with E-state index in [0.717, 1.165) is 32.4 Å². The van der Waals surface area contributed by atoms with Crippen LogP contribution in [0, 0.1) is 0 Å². The standard InChI is InChI=1S/C22H29N5O5S/c1-15(24-22(23)29)21(28)25-17-8-11-19(27-12-4-3-5-13-27)20(14-17)33(30,31)26-16-6-9-18(32-2)10-7-16/h6-11,14-15,26H,3-5,12-13H2,1-2H3,(H,25,28)(H3,23,24,29). The molecule has 1 aliphatic rings. The van der Waals surface area contributed by atoms with Gasteiger partial charge in [-0.25, -0.2) is 13.2 Å². The molecule has 0 radical (unpaired) electrons. The molecule has 11 heteroatoms. The van der Waals surface area contributed by atoms with Gasteiger partial charge in [0.1, 0.15) is 16.7 Å². The molecule has 178 valence electrons. The number of anilines is 3. The number of carbonyl (C=O) groups excluding carboxylic acids is 2. The predicted octanol–water partition coefficient (Wildman–Crippen LogP) is 2.48. The Balaban J connectivity index is 1.93. The predicted molar refractivity (Wildman–Crippen MR) is 127 cm³/mol. The zero-order valence-corrected chi connectivity index (χ0v) is 19.4. The van der Waals surface area contributed by atoms with Gasteiger partial charge in [0, 0.05) is 24.5 Å². The second-order valence-corrected chi connectivity index (χ2v) is 9.43. The number of rotatable bonds is 8. The Hall–Kier alpha value is -3.47. The number of urea groups is 1. The molecule has 3 amide bonds. The highest BCUT2D eigenvalue weighted by Crippen LogP contribution is 2.32. The quantitative estimate of drug-likeness (QED) is 0.462. The van der Waals surface area contributed by atoms with Gasteiger partial charge < -0.3 is 26.0 Å². The van der Waals surface area contributed by atoms with Crippen molar-refractivity contribution in [1.82, 2.24) is 5.32 Å². The van der Waals surface area contributed by atoms with Crippen molar-refractivity contribution in [2.24, 2.45) is 5.73 Å². The normalized spacial score (nSPS) is 14.8. The Labute approximate surface area is 193 Å². The molecular formula is C22H29N5O5S. The average molecular weight is 476 g/mol. The number of nitrogens with two attached hydrogens (primary N) is 1. The monoisotopic (exact) mass is 475 g/mol. The molecule has 33 heavy (non-hydrogen) atoms. The molecule has 1 atom stereocenters. The SMILES string of the molecule is COc1ccc(NS(=O)(=O)c2cc(NC(=O)C(C)NC(N)=O)ccc2N2CCCCC2)cc1. The summed E-state index contributed by atoms with van der Waals surface area (Å²) in [5, 5.41) is 4.92. The van der Waals surface area contributed by atoms with E-state index in [1.54, 1.807) is 36.4 Å². The van der Waals surface area contributed by atoms with Crippen molar-refractivity contribution in [2.75, 3.05) is 35.1 Å². The molecule has 3 rings (SSSR count). The van der Waals surface area contributed by atoms with Crippen molar-refractivity contribution in [3.63, 3.8) is 0 Å². The first-order chi connectivity index (χ1) is 15.7. The number of methoxy groups -OCH3 is 1. The highest BCUT2D eigenvalue weighted by Gasteiger charge is 2.25. The lowest BCUT2D eigenvalue weighted by Gasteiger charge is -2.30. The fourth-order valence-electron chi connectivity index (χ4n) is 3.60. The Morgan fingerprint density at radius 3 is 2.27 bits per heavy atom. The maximum absolute atomic E-state index is 13.4. The first-order valence-electron chi connectivity index (χ1n) is 10.6. The van der Waals surface area contributed by atoms with Gasteiger partial charge in [0.05, 0.1) is 12.8 Å². The zero-order chi connectivity index (χ0) is 24.0. The second-order valence-electron chi connectivity index (χ2n) is 7.78. The van der Waals surface area contributed by atoms with Crippen molar-refractivity contribution in [3.05, 3.63) is 42.5 Å².